The number of sulfonamides is 1. The molecule has 0 aliphatic rings. The molecule has 0 aliphatic carbocycles. The highest BCUT2D eigenvalue weighted by atomic mass is 32.2. The number of thiophene rings is 1. The molecule has 3 aromatic rings. The lowest BCUT2D eigenvalue weighted by molar-refractivity contribution is 0.0848. The number of benzene rings is 2. The molecule has 1 heterocycles. The van der Waals surface area contributed by atoms with E-state index in [-0.39, 0.29) is 29.4 Å². The van der Waals surface area contributed by atoms with Crippen LogP contribution in [0.2, 0.25) is 0 Å². The van der Waals surface area contributed by atoms with Crippen molar-refractivity contribution >= 4 is 33.2 Å². The van der Waals surface area contributed by atoms with E-state index in [4.69, 9.17) is 4.74 Å². The molecule has 0 spiro atoms. The lowest BCUT2D eigenvalue weighted by Crippen LogP contribution is -2.41. The Morgan fingerprint density at radius 2 is 1.70 bits per heavy atom. The Labute approximate surface area is 194 Å². The van der Waals surface area contributed by atoms with Crippen molar-refractivity contribution in [3.8, 4) is 10.4 Å². The molecule has 0 aliphatic heterocycles. The fraction of sp³-hybridized carbons (Fsp3) is 0.182. The van der Waals surface area contributed by atoms with Crippen molar-refractivity contribution in [2.24, 2.45) is 0 Å². The van der Waals surface area contributed by atoms with Crippen molar-refractivity contribution in [1.29, 1.82) is 0 Å². The van der Waals surface area contributed by atoms with Crippen LogP contribution in [-0.2, 0) is 14.8 Å². The summed E-state index contributed by atoms with van der Waals surface area (Å²) < 4.78 is 45.1. The van der Waals surface area contributed by atoms with Gasteiger partial charge in [-0.1, -0.05) is 18.2 Å². The SMILES string of the molecule is COCCNS(=O)(=O)c1ccc(C)c(C(=O)NNC(=O)c2ccc(-c3ccc(F)cc3)s2)c1. The van der Waals surface area contributed by atoms with E-state index in [0.717, 1.165) is 10.4 Å². The maximum Gasteiger partial charge on any atom is 0.279 e. The lowest BCUT2D eigenvalue weighted by Gasteiger charge is -2.11. The lowest BCUT2D eigenvalue weighted by atomic mass is 10.1. The molecule has 0 saturated heterocycles. The highest BCUT2D eigenvalue weighted by molar-refractivity contribution is 7.89. The number of amides is 2. The molecule has 0 bridgehead atoms. The Morgan fingerprint density at radius 3 is 2.39 bits per heavy atom. The second-order valence-electron chi connectivity index (χ2n) is 6.95. The fourth-order valence-corrected chi connectivity index (χ4v) is 4.79. The van der Waals surface area contributed by atoms with Gasteiger partial charge in [0, 0.05) is 24.1 Å². The van der Waals surface area contributed by atoms with Crippen molar-refractivity contribution in [2.75, 3.05) is 20.3 Å². The summed E-state index contributed by atoms with van der Waals surface area (Å²) in [7, 11) is -2.37. The first-order valence-corrected chi connectivity index (χ1v) is 12.1. The number of hydrazine groups is 1. The van der Waals surface area contributed by atoms with Crippen LogP contribution in [0.1, 0.15) is 25.6 Å². The predicted octanol–water partition coefficient (Wildman–Crippen LogP) is 2.86. The van der Waals surface area contributed by atoms with Gasteiger partial charge in [-0.3, -0.25) is 20.4 Å². The van der Waals surface area contributed by atoms with Gasteiger partial charge in [0.2, 0.25) is 10.0 Å². The van der Waals surface area contributed by atoms with E-state index < -0.39 is 21.8 Å². The number of rotatable bonds is 8. The fourth-order valence-electron chi connectivity index (χ4n) is 2.85. The van der Waals surface area contributed by atoms with Gasteiger partial charge in [-0.25, -0.2) is 17.5 Å². The molecule has 1 aromatic heterocycles. The Bertz CT molecular complexity index is 1260. The molecular weight excluding hydrogens is 469 g/mol. The van der Waals surface area contributed by atoms with Crippen LogP contribution in [0.25, 0.3) is 10.4 Å². The molecular formula is C22H22FN3O5S2. The smallest absolute Gasteiger partial charge is 0.279 e. The first-order valence-electron chi connectivity index (χ1n) is 9.77. The van der Waals surface area contributed by atoms with Gasteiger partial charge >= 0.3 is 0 Å². The van der Waals surface area contributed by atoms with E-state index in [1.54, 1.807) is 31.2 Å². The van der Waals surface area contributed by atoms with Gasteiger partial charge < -0.3 is 4.74 Å². The number of carbonyl (C=O) groups is 2. The maximum absolute atomic E-state index is 13.1. The highest BCUT2D eigenvalue weighted by Gasteiger charge is 2.19. The maximum atomic E-state index is 13.1. The van der Waals surface area contributed by atoms with Crippen molar-refractivity contribution in [3.05, 3.63) is 76.4 Å². The molecule has 174 valence electrons. The number of aryl methyl sites for hydroxylation is 1. The molecule has 0 saturated carbocycles. The summed E-state index contributed by atoms with van der Waals surface area (Å²) in [6, 6.07) is 13.3. The number of hydrogen-bond donors (Lipinski definition) is 3. The molecule has 3 rings (SSSR count). The molecule has 2 amide bonds. The van der Waals surface area contributed by atoms with Gasteiger partial charge in [-0.2, -0.15) is 0 Å². The average Bonchev–Trinajstić information content (AvgIpc) is 3.28. The van der Waals surface area contributed by atoms with Gasteiger partial charge in [-0.15, -0.1) is 11.3 Å². The van der Waals surface area contributed by atoms with Crippen LogP contribution in [0, 0.1) is 12.7 Å². The van der Waals surface area contributed by atoms with E-state index in [1.165, 1.54) is 48.8 Å². The molecule has 2 aromatic carbocycles. The second kappa shape index (κ2) is 10.7. The zero-order chi connectivity index (χ0) is 24.0. The number of hydrogen-bond acceptors (Lipinski definition) is 6. The van der Waals surface area contributed by atoms with Crippen molar-refractivity contribution in [3.63, 3.8) is 0 Å². The third-order valence-corrected chi connectivity index (χ3v) is 7.20. The van der Waals surface area contributed by atoms with Crippen molar-refractivity contribution in [1.82, 2.24) is 15.6 Å². The van der Waals surface area contributed by atoms with Gasteiger partial charge in [0.15, 0.2) is 0 Å². The Balaban J connectivity index is 1.67. The average molecular weight is 492 g/mol. The van der Waals surface area contributed by atoms with E-state index in [0.29, 0.717) is 10.4 Å². The summed E-state index contributed by atoms with van der Waals surface area (Å²) in [5.41, 5.74) is 6.03. The predicted molar refractivity (Wildman–Crippen MR) is 123 cm³/mol. The van der Waals surface area contributed by atoms with Crippen LogP contribution in [-0.4, -0.2) is 40.5 Å². The van der Waals surface area contributed by atoms with Gasteiger partial charge in [0.05, 0.1) is 16.4 Å². The molecule has 0 fully saturated rings. The number of methoxy groups -OCH3 is 1. The van der Waals surface area contributed by atoms with E-state index in [2.05, 4.69) is 15.6 Å². The van der Waals surface area contributed by atoms with Crippen LogP contribution in [0.3, 0.4) is 0 Å². The molecule has 11 heteroatoms. The minimum atomic E-state index is -3.83. The largest absolute Gasteiger partial charge is 0.383 e. The van der Waals surface area contributed by atoms with Crippen molar-refractivity contribution in [2.45, 2.75) is 11.8 Å². The minimum absolute atomic E-state index is 0.0807. The summed E-state index contributed by atoms with van der Waals surface area (Å²) in [6.45, 7) is 1.95. The van der Waals surface area contributed by atoms with Crippen LogP contribution < -0.4 is 15.6 Å². The minimum Gasteiger partial charge on any atom is -0.383 e. The first-order chi connectivity index (χ1) is 15.7. The van der Waals surface area contributed by atoms with Gasteiger partial charge in [0.1, 0.15) is 5.82 Å². The standard InChI is InChI=1S/C22H22FN3O5S2/c1-14-3-8-17(33(29,30)24-11-12-31-2)13-18(14)21(27)25-26-22(28)20-10-9-19(32-20)15-4-6-16(23)7-5-15/h3-10,13,24H,11-12H2,1-2H3,(H,25,27)(H,26,28). The van der Waals surface area contributed by atoms with Crippen molar-refractivity contribution < 1.29 is 27.1 Å². The van der Waals surface area contributed by atoms with Crippen LogP contribution in [0.5, 0.6) is 0 Å². The van der Waals surface area contributed by atoms with Crippen LogP contribution in [0.15, 0.2) is 59.5 Å². The first kappa shape index (κ1) is 24.5. The summed E-state index contributed by atoms with van der Waals surface area (Å²) in [5, 5.41) is 0. The van der Waals surface area contributed by atoms with E-state index >= 15 is 0 Å². The number of halogens is 1. The third kappa shape index (κ3) is 6.23. The summed E-state index contributed by atoms with van der Waals surface area (Å²) in [4.78, 5) is 26.1. The summed E-state index contributed by atoms with van der Waals surface area (Å²) in [5.74, 6) is -1.55. The van der Waals surface area contributed by atoms with E-state index in [1.807, 2.05) is 0 Å². The quantitative estimate of drug-likeness (QED) is 0.331. The monoisotopic (exact) mass is 491 g/mol. The second-order valence-corrected chi connectivity index (χ2v) is 9.80. The molecule has 0 atom stereocenters. The van der Waals surface area contributed by atoms with E-state index in [9.17, 15) is 22.4 Å². The summed E-state index contributed by atoms with van der Waals surface area (Å²) >= 11 is 1.18. The van der Waals surface area contributed by atoms with Crippen LogP contribution in [0.4, 0.5) is 4.39 Å². The van der Waals surface area contributed by atoms with Gasteiger partial charge in [-0.05, 0) is 54.4 Å². The summed E-state index contributed by atoms with van der Waals surface area (Å²) in [6.07, 6.45) is 0. The highest BCUT2D eigenvalue weighted by Crippen LogP contribution is 2.28. The normalized spacial score (nSPS) is 11.2. The molecule has 0 unspecified atom stereocenters. The number of nitrogens with one attached hydrogen (secondary N) is 3. The Hall–Kier alpha value is -3.12. The molecule has 33 heavy (non-hydrogen) atoms. The third-order valence-electron chi connectivity index (χ3n) is 4.61. The zero-order valence-corrected chi connectivity index (χ0v) is 19.5. The number of carbonyl (C=O) groups excluding carboxylic acids is 2. The Kier molecular flexibility index (Phi) is 7.92. The molecule has 8 nitrogen and oxygen atoms in total. The Morgan fingerprint density at radius 1 is 1.00 bits per heavy atom. The van der Waals surface area contributed by atoms with Gasteiger partial charge in [0.25, 0.3) is 11.8 Å². The topological polar surface area (TPSA) is 114 Å². The zero-order valence-electron chi connectivity index (χ0n) is 17.8. The molecule has 3 N–H and O–H groups in total. The number of ether oxygens (including phenoxy) is 1. The molecule has 0 radical (unpaired) electrons. The van der Waals surface area contributed by atoms with Crippen LogP contribution >= 0.6 is 11.3 Å².